The molecule has 1 aliphatic heterocycles. The largest absolute Gasteiger partial charge is 0.327 e. The van der Waals surface area contributed by atoms with Gasteiger partial charge in [0.2, 0.25) is 0 Å². The van der Waals surface area contributed by atoms with Gasteiger partial charge in [-0.3, -0.25) is 4.90 Å². The normalized spacial score (nSPS) is 23.3. The van der Waals surface area contributed by atoms with E-state index in [1.54, 1.807) is 0 Å². The Morgan fingerprint density at radius 2 is 2.10 bits per heavy atom. The molecule has 2 heterocycles. The molecule has 0 aliphatic carbocycles. The Hall–Kier alpha value is -1.79. The highest BCUT2D eigenvalue weighted by Crippen LogP contribution is 2.20. The van der Waals surface area contributed by atoms with Crippen LogP contribution in [0, 0.1) is 5.92 Å². The monoisotopic (exact) mass is 286 g/mol. The van der Waals surface area contributed by atoms with Gasteiger partial charge in [-0.25, -0.2) is 0 Å². The molecule has 1 fully saturated rings. The molecule has 0 bridgehead atoms. The molecule has 0 radical (unpaired) electrons. The molecule has 21 heavy (non-hydrogen) atoms. The third-order valence-corrected chi connectivity index (χ3v) is 4.30. The summed E-state index contributed by atoms with van der Waals surface area (Å²) in [5, 5.41) is 12.1. The van der Waals surface area contributed by atoms with Gasteiger partial charge in [0, 0.05) is 19.1 Å². The van der Waals surface area contributed by atoms with Gasteiger partial charge in [0.15, 0.2) is 5.82 Å². The lowest BCUT2D eigenvalue weighted by molar-refractivity contribution is 0.141. The van der Waals surface area contributed by atoms with Crippen LogP contribution in [-0.4, -0.2) is 44.2 Å². The second kappa shape index (κ2) is 6.32. The van der Waals surface area contributed by atoms with Gasteiger partial charge in [-0.1, -0.05) is 31.5 Å². The summed E-state index contributed by atoms with van der Waals surface area (Å²) in [5.74, 6) is 1.45. The summed E-state index contributed by atoms with van der Waals surface area (Å²) < 4.78 is 1.81. The molecule has 6 nitrogen and oxygen atoms in total. The fourth-order valence-electron chi connectivity index (χ4n) is 2.98. The zero-order chi connectivity index (χ0) is 14.7. The average Bonchev–Trinajstić information content (AvgIpc) is 2.98. The Balaban J connectivity index is 1.73. The molecule has 2 unspecified atom stereocenters. The molecule has 1 aromatic carbocycles. The first-order valence-electron chi connectivity index (χ1n) is 7.58. The Morgan fingerprint density at radius 1 is 1.29 bits per heavy atom. The SMILES string of the molecule is CCC1CN(Cc2nnnn2-c2ccccc2)CCC1N. The lowest BCUT2D eigenvalue weighted by Gasteiger charge is -2.36. The standard InChI is InChI=1S/C15H22N6/c1-2-12-10-20(9-8-14(12)16)11-15-17-18-19-21(15)13-6-4-3-5-7-13/h3-7,12,14H,2,8-11,16H2,1H3. The van der Waals surface area contributed by atoms with Crippen LogP contribution in [0.1, 0.15) is 25.6 Å². The van der Waals surface area contributed by atoms with Crippen molar-refractivity contribution in [3.05, 3.63) is 36.2 Å². The van der Waals surface area contributed by atoms with Crippen molar-refractivity contribution in [2.45, 2.75) is 32.4 Å². The van der Waals surface area contributed by atoms with E-state index in [4.69, 9.17) is 5.73 Å². The van der Waals surface area contributed by atoms with Crippen molar-refractivity contribution in [3.8, 4) is 5.69 Å². The summed E-state index contributed by atoms with van der Waals surface area (Å²) in [6.07, 6.45) is 2.17. The molecule has 3 rings (SSSR count). The topological polar surface area (TPSA) is 72.9 Å². The van der Waals surface area contributed by atoms with E-state index in [-0.39, 0.29) is 0 Å². The maximum atomic E-state index is 6.17. The van der Waals surface area contributed by atoms with Crippen LogP contribution < -0.4 is 5.73 Å². The number of hydrogen-bond donors (Lipinski definition) is 1. The zero-order valence-corrected chi connectivity index (χ0v) is 12.4. The summed E-state index contributed by atoms with van der Waals surface area (Å²) in [4.78, 5) is 2.41. The van der Waals surface area contributed by atoms with Crippen molar-refractivity contribution in [1.29, 1.82) is 0 Å². The Bertz CT molecular complexity index is 567. The second-order valence-electron chi connectivity index (χ2n) is 5.70. The first-order chi connectivity index (χ1) is 10.3. The van der Waals surface area contributed by atoms with Crippen molar-refractivity contribution in [2.24, 2.45) is 11.7 Å². The second-order valence-corrected chi connectivity index (χ2v) is 5.70. The van der Waals surface area contributed by atoms with Gasteiger partial charge in [0.1, 0.15) is 0 Å². The van der Waals surface area contributed by atoms with Gasteiger partial charge in [-0.2, -0.15) is 4.68 Å². The van der Waals surface area contributed by atoms with Crippen LogP contribution in [0.3, 0.4) is 0 Å². The van der Waals surface area contributed by atoms with Crippen molar-refractivity contribution < 1.29 is 0 Å². The fraction of sp³-hybridized carbons (Fsp3) is 0.533. The Labute approximate surface area is 124 Å². The lowest BCUT2D eigenvalue weighted by atomic mass is 9.91. The number of para-hydroxylation sites is 1. The predicted molar refractivity (Wildman–Crippen MR) is 80.8 cm³/mol. The minimum atomic E-state index is 0.330. The number of piperidine rings is 1. The number of aromatic nitrogens is 4. The van der Waals surface area contributed by atoms with Crippen LogP contribution in [-0.2, 0) is 6.54 Å². The first-order valence-corrected chi connectivity index (χ1v) is 7.58. The molecule has 2 N–H and O–H groups in total. The summed E-state index contributed by atoms with van der Waals surface area (Å²) >= 11 is 0. The molecule has 2 aromatic rings. The molecule has 2 atom stereocenters. The smallest absolute Gasteiger partial charge is 0.170 e. The molecule has 0 spiro atoms. The fourth-order valence-corrected chi connectivity index (χ4v) is 2.98. The minimum Gasteiger partial charge on any atom is -0.327 e. The average molecular weight is 286 g/mol. The number of nitrogens with zero attached hydrogens (tertiary/aromatic N) is 5. The maximum Gasteiger partial charge on any atom is 0.170 e. The molecule has 6 heteroatoms. The van der Waals surface area contributed by atoms with Crippen LogP contribution in [0.25, 0.3) is 5.69 Å². The molecular weight excluding hydrogens is 264 g/mol. The molecule has 1 aliphatic rings. The summed E-state index contributed by atoms with van der Waals surface area (Å²) in [6, 6.07) is 10.3. The number of nitrogens with two attached hydrogens (primary N) is 1. The quantitative estimate of drug-likeness (QED) is 0.915. The van der Waals surface area contributed by atoms with Gasteiger partial charge < -0.3 is 5.73 Å². The molecule has 1 saturated heterocycles. The Kier molecular flexibility index (Phi) is 4.26. The van der Waals surface area contributed by atoms with Gasteiger partial charge in [-0.05, 0) is 34.9 Å². The summed E-state index contributed by atoms with van der Waals surface area (Å²) in [5.41, 5.74) is 7.17. The van der Waals surface area contributed by atoms with E-state index < -0.39 is 0 Å². The van der Waals surface area contributed by atoms with Crippen molar-refractivity contribution in [1.82, 2.24) is 25.1 Å². The molecule has 112 valence electrons. The van der Waals surface area contributed by atoms with Gasteiger partial charge in [-0.15, -0.1) is 5.10 Å². The van der Waals surface area contributed by atoms with Crippen molar-refractivity contribution >= 4 is 0 Å². The third kappa shape index (κ3) is 3.11. The van der Waals surface area contributed by atoms with Crippen LogP contribution in [0.4, 0.5) is 0 Å². The predicted octanol–water partition coefficient (Wildman–Crippen LogP) is 1.22. The van der Waals surface area contributed by atoms with Gasteiger partial charge in [0.05, 0.1) is 12.2 Å². The first kappa shape index (κ1) is 14.2. The van der Waals surface area contributed by atoms with E-state index in [2.05, 4.69) is 27.3 Å². The molecule has 0 amide bonds. The number of hydrogen-bond acceptors (Lipinski definition) is 5. The number of likely N-dealkylation sites (tertiary alicyclic amines) is 1. The highest BCUT2D eigenvalue weighted by atomic mass is 15.5. The van der Waals surface area contributed by atoms with E-state index in [9.17, 15) is 0 Å². The van der Waals surface area contributed by atoms with Crippen molar-refractivity contribution in [3.63, 3.8) is 0 Å². The highest BCUT2D eigenvalue weighted by molar-refractivity contribution is 5.30. The highest BCUT2D eigenvalue weighted by Gasteiger charge is 2.26. The van der Waals surface area contributed by atoms with E-state index in [1.165, 1.54) is 0 Å². The summed E-state index contributed by atoms with van der Waals surface area (Å²) in [7, 11) is 0. The third-order valence-electron chi connectivity index (χ3n) is 4.30. The van der Waals surface area contributed by atoms with Gasteiger partial charge >= 0.3 is 0 Å². The van der Waals surface area contributed by atoms with Crippen LogP contribution in [0.2, 0.25) is 0 Å². The molecule has 1 aromatic heterocycles. The lowest BCUT2D eigenvalue weighted by Crippen LogP contribution is -2.46. The zero-order valence-electron chi connectivity index (χ0n) is 12.4. The number of rotatable bonds is 4. The molecule has 0 saturated carbocycles. The van der Waals surface area contributed by atoms with E-state index in [1.807, 2.05) is 35.0 Å². The summed E-state index contributed by atoms with van der Waals surface area (Å²) in [6.45, 7) is 5.02. The van der Waals surface area contributed by atoms with Crippen LogP contribution >= 0.6 is 0 Å². The number of tetrazole rings is 1. The van der Waals surface area contributed by atoms with Crippen LogP contribution in [0.15, 0.2) is 30.3 Å². The van der Waals surface area contributed by atoms with Gasteiger partial charge in [0.25, 0.3) is 0 Å². The van der Waals surface area contributed by atoms with Crippen LogP contribution in [0.5, 0.6) is 0 Å². The maximum absolute atomic E-state index is 6.17. The van der Waals surface area contributed by atoms with E-state index >= 15 is 0 Å². The number of benzene rings is 1. The molecular formula is C15H22N6. The van der Waals surface area contributed by atoms with E-state index in [0.717, 1.165) is 44.0 Å². The Morgan fingerprint density at radius 3 is 2.86 bits per heavy atom. The minimum absolute atomic E-state index is 0.330. The van der Waals surface area contributed by atoms with Crippen molar-refractivity contribution in [2.75, 3.05) is 13.1 Å². The van der Waals surface area contributed by atoms with E-state index in [0.29, 0.717) is 12.0 Å².